The lowest BCUT2D eigenvalue weighted by atomic mass is 10.1. The van der Waals surface area contributed by atoms with E-state index in [1.54, 1.807) is 4.90 Å². The monoisotopic (exact) mass is 226 g/mol. The van der Waals surface area contributed by atoms with Crippen molar-refractivity contribution in [2.45, 2.75) is 13.3 Å². The number of carbonyl (C=O) groups is 1. The Hall–Kier alpha value is -1.06. The van der Waals surface area contributed by atoms with E-state index >= 15 is 0 Å². The summed E-state index contributed by atoms with van der Waals surface area (Å²) in [6.07, 6.45) is 0.946. The minimum atomic E-state index is 0. The summed E-state index contributed by atoms with van der Waals surface area (Å²) in [4.78, 5) is 13.3. The maximum Gasteiger partial charge on any atom is 0.240 e. The van der Waals surface area contributed by atoms with Crippen LogP contribution in [0.1, 0.15) is 11.1 Å². The molecule has 1 aliphatic heterocycles. The SMILES string of the molecule is Cc1ccc2c(c1)N(C(=O)CN)CC2.Cl. The molecule has 0 saturated heterocycles. The van der Waals surface area contributed by atoms with Gasteiger partial charge in [-0.25, -0.2) is 0 Å². The number of rotatable bonds is 1. The summed E-state index contributed by atoms with van der Waals surface area (Å²) in [7, 11) is 0. The molecule has 0 spiro atoms. The number of carbonyl (C=O) groups excluding carboxylic acids is 1. The van der Waals surface area contributed by atoms with E-state index < -0.39 is 0 Å². The van der Waals surface area contributed by atoms with Crippen LogP contribution in [0.4, 0.5) is 5.69 Å². The number of hydrogen-bond donors (Lipinski definition) is 1. The van der Waals surface area contributed by atoms with Crippen LogP contribution in [0.15, 0.2) is 18.2 Å². The molecule has 1 aromatic rings. The fourth-order valence-corrected chi connectivity index (χ4v) is 1.86. The van der Waals surface area contributed by atoms with Crippen molar-refractivity contribution in [3.05, 3.63) is 29.3 Å². The summed E-state index contributed by atoms with van der Waals surface area (Å²) in [5.41, 5.74) is 8.83. The molecular formula is C11H15ClN2O. The Morgan fingerprint density at radius 2 is 2.27 bits per heavy atom. The van der Waals surface area contributed by atoms with Crippen LogP contribution in [0.5, 0.6) is 0 Å². The van der Waals surface area contributed by atoms with Gasteiger partial charge < -0.3 is 10.6 Å². The second-order valence-corrected chi connectivity index (χ2v) is 3.63. The van der Waals surface area contributed by atoms with Gasteiger partial charge in [0, 0.05) is 12.2 Å². The summed E-state index contributed by atoms with van der Waals surface area (Å²) in [5, 5.41) is 0. The largest absolute Gasteiger partial charge is 0.322 e. The molecule has 0 saturated carbocycles. The lowest BCUT2D eigenvalue weighted by molar-refractivity contribution is -0.117. The molecule has 1 aromatic carbocycles. The minimum Gasteiger partial charge on any atom is -0.322 e. The predicted octanol–water partition coefficient (Wildman–Crippen LogP) is 1.26. The summed E-state index contributed by atoms with van der Waals surface area (Å²) >= 11 is 0. The van der Waals surface area contributed by atoms with Crippen LogP contribution >= 0.6 is 12.4 Å². The van der Waals surface area contributed by atoms with Crippen LogP contribution in [-0.4, -0.2) is 19.0 Å². The zero-order chi connectivity index (χ0) is 10.1. The first-order chi connectivity index (χ1) is 6.72. The normalized spacial score (nSPS) is 13.3. The highest BCUT2D eigenvalue weighted by atomic mass is 35.5. The van der Waals surface area contributed by atoms with Crippen LogP contribution in [0.3, 0.4) is 0 Å². The standard InChI is InChI=1S/C11H14N2O.ClH/c1-8-2-3-9-4-5-13(10(9)6-8)11(14)7-12;/h2-3,6H,4-5,7,12H2,1H3;1H. The van der Waals surface area contributed by atoms with Gasteiger partial charge in [0.25, 0.3) is 0 Å². The van der Waals surface area contributed by atoms with Gasteiger partial charge in [0.15, 0.2) is 0 Å². The Morgan fingerprint density at radius 3 is 2.93 bits per heavy atom. The molecular weight excluding hydrogens is 212 g/mol. The first-order valence-corrected chi connectivity index (χ1v) is 4.82. The number of amides is 1. The summed E-state index contributed by atoms with van der Waals surface area (Å²) < 4.78 is 0. The van der Waals surface area contributed by atoms with Crippen molar-refractivity contribution in [1.82, 2.24) is 0 Å². The third-order valence-corrected chi connectivity index (χ3v) is 2.61. The van der Waals surface area contributed by atoms with E-state index in [0.29, 0.717) is 0 Å². The van der Waals surface area contributed by atoms with E-state index in [1.165, 1.54) is 11.1 Å². The first-order valence-electron chi connectivity index (χ1n) is 4.82. The van der Waals surface area contributed by atoms with Crippen LogP contribution in [0, 0.1) is 6.92 Å². The highest BCUT2D eigenvalue weighted by molar-refractivity contribution is 5.96. The van der Waals surface area contributed by atoms with E-state index in [0.717, 1.165) is 18.7 Å². The lowest BCUT2D eigenvalue weighted by Gasteiger charge is -2.16. The fraction of sp³-hybridized carbons (Fsp3) is 0.364. The second-order valence-electron chi connectivity index (χ2n) is 3.63. The Morgan fingerprint density at radius 1 is 1.53 bits per heavy atom. The summed E-state index contributed by atoms with van der Waals surface area (Å²) in [6, 6.07) is 6.22. The van der Waals surface area contributed by atoms with E-state index in [9.17, 15) is 4.79 Å². The number of benzene rings is 1. The molecule has 1 heterocycles. The highest BCUT2D eigenvalue weighted by Gasteiger charge is 2.23. The van der Waals surface area contributed by atoms with Crippen molar-refractivity contribution < 1.29 is 4.79 Å². The van der Waals surface area contributed by atoms with Crippen molar-refractivity contribution in [2.75, 3.05) is 18.0 Å². The second kappa shape index (κ2) is 4.64. The molecule has 3 nitrogen and oxygen atoms in total. The van der Waals surface area contributed by atoms with E-state index in [1.807, 2.05) is 6.92 Å². The topological polar surface area (TPSA) is 46.3 Å². The van der Waals surface area contributed by atoms with Crippen LogP contribution in [0.25, 0.3) is 0 Å². The Labute approximate surface area is 95.7 Å². The average molecular weight is 227 g/mol. The number of nitrogens with two attached hydrogens (primary N) is 1. The van der Waals surface area contributed by atoms with Crippen LogP contribution in [-0.2, 0) is 11.2 Å². The number of halogens is 1. The Balaban J connectivity index is 0.00000112. The molecule has 0 unspecified atom stereocenters. The van der Waals surface area contributed by atoms with Crippen molar-refractivity contribution in [3.8, 4) is 0 Å². The summed E-state index contributed by atoms with van der Waals surface area (Å²) in [6.45, 7) is 2.89. The van der Waals surface area contributed by atoms with Crippen molar-refractivity contribution in [2.24, 2.45) is 5.73 Å². The number of aryl methyl sites for hydroxylation is 1. The maximum atomic E-state index is 11.5. The Bertz CT molecular complexity index is 379. The molecule has 15 heavy (non-hydrogen) atoms. The number of anilines is 1. The fourth-order valence-electron chi connectivity index (χ4n) is 1.86. The molecule has 0 aromatic heterocycles. The molecule has 1 aliphatic rings. The molecule has 0 aliphatic carbocycles. The number of hydrogen-bond acceptors (Lipinski definition) is 2. The molecule has 0 radical (unpaired) electrons. The quantitative estimate of drug-likeness (QED) is 0.784. The number of nitrogens with zero attached hydrogens (tertiary/aromatic N) is 1. The molecule has 0 bridgehead atoms. The van der Waals surface area contributed by atoms with Gasteiger partial charge in [0.05, 0.1) is 6.54 Å². The van der Waals surface area contributed by atoms with Crippen molar-refractivity contribution >= 4 is 24.0 Å². The molecule has 0 atom stereocenters. The van der Waals surface area contributed by atoms with Crippen molar-refractivity contribution in [1.29, 1.82) is 0 Å². The molecule has 2 rings (SSSR count). The lowest BCUT2D eigenvalue weighted by Crippen LogP contribution is -2.34. The van der Waals surface area contributed by atoms with Gasteiger partial charge in [0.2, 0.25) is 5.91 Å². The zero-order valence-corrected chi connectivity index (χ0v) is 9.51. The van der Waals surface area contributed by atoms with Crippen molar-refractivity contribution in [3.63, 3.8) is 0 Å². The minimum absolute atomic E-state index is 0. The third-order valence-electron chi connectivity index (χ3n) is 2.61. The maximum absolute atomic E-state index is 11.5. The summed E-state index contributed by atoms with van der Waals surface area (Å²) in [5.74, 6) is 0.00866. The smallest absolute Gasteiger partial charge is 0.240 e. The van der Waals surface area contributed by atoms with Gasteiger partial charge in [-0.15, -0.1) is 12.4 Å². The average Bonchev–Trinajstić information content (AvgIpc) is 2.59. The van der Waals surface area contributed by atoms with Gasteiger partial charge in [-0.05, 0) is 30.5 Å². The molecule has 82 valence electrons. The van der Waals surface area contributed by atoms with Gasteiger partial charge >= 0.3 is 0 Å². The van der Waals surface area contributed by atoms with Crippen LogP contribution in [0.2, 0.25) is 0 Å². The predicted molar refractivity (Wildman–Crippen MR) is 63.5 cm³/mol. The van der Waals surface area contributed by atoms with Gasteiger partial charge in [-0.2, -0.15) is 0 Å². The molecule has 1 amide bonds. The third kappa shape index (κ3) is 2.13. The van der Waals surface area contributed by atoms with Gasteiger partial charge in [-0.3, -0.25) is 4.79 Å². The Kier molecular flexibility index (Phi) is 3.72. The van der Waals surface area contributed by atoms with E-state index in [4.69, 9.17) is 5.73 Å². The van der Waals surface area contributed by atoms with E-state index in [-0.39, 0.29) is 24.9 Å². The highest BCUT2D eigenvalue weighted by Crippen LogP contribution is 2.28. The molecule has 0 fully saturated rings. The molecule has 4 heteroatoms. The zero-order valence-electron chi connectivity index (χ0n) is 8.69. The molecule has 2 N–H and O–H groups in total. The van der Waals surface area contributed by atoms with Gasteiger partial charge in [-0.1, -0.05) is 12.1 Å². The number of fused-ring (bicyclic) bond motifs is 1. The van der Waals surface area contributed by atoms with Gasteiger partial charge in [0.1, 0.15) is 0 Å². The first kappa shape index (κ1) is 12.0. The van der Waals surface area contributed by atoms with Crippen LogP contribution < -0.4 is 10.6 Å². The van der Waals surface area contributed by atoms with E-state index in [2.05, 4.69) is 18.2 Å².